The standard InChI is InChI=1S/C11H20O5S/c1-11(2,14)5-3-9(10(12)13)8-4-6-17(15,16)7-8/h8-9,14H,3-7H2,1-2H3,(H,12,13). The van der Waals surface area contributed by atoms with Gasteiger partial charge in [-0.3, -0.25) is 4.79 Å². The number of hydrogen-bond acceptors (Lipinski definition) is 4. The van der Waals surface area contributed by atoms with Gasteiger partial charge in [-0.1, -0.05) is 0 Å². The van der Waals surface area contributed by atoms with Crippen LogP contribution in [0.15, 0.2) is 0 Å². The van der Waals surface area contributed by atoms with Crippen LogP contribution in [0.3, 0.4) is 0 Å². The Bertz CT molecular complexity index is 379. The van der Waals surface area contributed by atoms with E-state index >= 15 is 0 Å². The van der Waals surface area contributed by atoms with Gasteiger partial charge in [0.2, 0.25) is 0 Å². The monoisotopic (exact) mass is 264 g/mol. The quantitative estimate of drug-likeness (QED) is 0.761. The fourth-order valence-electron chi connectivity index (χ4n) is 2.21. The summed E-state index contributed by atoms with van der Waals surface area (Å²) in [6.45, 7) is 3.24. The summed E-state index contributed by atoms with van der Waals surface area (Å²) in [4.78, 5) is 11.1. The molecule has 0 aliphatic carbocycles. The lowest BCUT2D eigenvalue weighted by Gasteiger charge is -2.23. The van der Waals surface area contributed by atoms with E-state index < -0.39 is 27.3 Å². The van der Waals surface area contributed by atoms with Crippen LogP contribution in [0, 0.1) is 11.8 Å². The third kappa shape index (κ3) is 4.63. The highest BCUT2D eigenvalue weighted by molar-refractivity contribution is 7.91. The molecule has 0 aromatic rings. The second-order valence-electron chi connectivity index (χ2n) is 5.46. The van der Waals surface area contributed by atoms with Crippen LogP contribution in [0.1, 0.15) is 33.1 Å². The van der Waals surface area contributed by atoms with Gasteiger partial charge < -0.3 is 10.2 Å². The first kappa shape index (κ1) is 14.4. The Labute approximate surface area is 102 Å². The van der Waals surface area contributed by atoms with E-state index in [1.54, 1.807) is 13.8 Å². The lowest BCUT2D eigenvalue weighted by Crippen LogP contribution is -2.28. The predicted octanol–water partition coefficient (Wildman–Crippen LogP) is 0.673. The van der Waals surface area contributed by atoms with Crippen LogP contribution >= 0.6 is 0 Å². The Morgan fingerprint density at radius 3 is 2.41 bits per heavy atom. The van der Waals surface area contributed by atoms with E-state index in [4.69, 9.17) is 5.11 Å². The fourth-order valence-corrected chi connectivity index (χ4v) is 4.09. The Balaban J connectivity index is 2.65. The number of aliphatic carboxylic acids is 1. The molecule has 2 N–H and O–H groups in total. The Morgan fingerprint density at radius 2 is 2.06 bits per heavy atom. The summed E-state index contributed by atoms with van der Waals surface area (Å²) in [5, 5.41) is 18.7. The third-order valence-electron chi connectivity index (χ3n) is 3.22. The van der Waals surface area contributed by atoms with Gasteiger partial charge in [0.25, 0.3) is 0 Å². The maximum absolute atomic E-state index is 11.3. The average molecular weight is 264 g/mol. The topological polar surface area (TPSA) is 91.7 Å². The van der Waals surface area contributed by atoms with Gasteiger partial charge in [0.05, 0.1) is 23.0 Å². The molecule has 6 heteroatoms. The molecule has 0 spiro atoms. The zero-order valence-corrected chi connectivity index (χ0v) is 11.0. The molecule has 1 fully saturated rings. The highest BCUT2D eigenvalue weighted by Crippen LogP contribution is 2.30. The molecule has 1 heterocycles. The molecule has 0 amide bonds. The van der Waals surface area contributed by atoms with Gasteiger partial charge in [0, 0.05) is 0 Å². The first-order valence-corrected chi connectivity index (χ1v) is 7.58. The molecule has 1 saturated heterocycles. The molecule has 100 valence electrons. The zero-order chi connectivity index (χ0) is 13.3. The molecule has 0 radical (unpaired) electrons. The molecule has 5 nitrogen and oxygen atoms in total. The number of rotatable bonds is 5. The van der Waals surface area contributed by atoms with Gasteiger partial charge in [-0.15, -0.1) is 0 Å². The number of sulfone groups is 1. The van der Waals surface area contributed by atoms with Crippen LogP contribution in [0.25, 0.3) is 0 Å². The fraction of sp³-hybridized carbons (Fsp3) is 0.909. The van der Waals surface area contributed by atoms with E-state index in [-0.39, 0.29) is 17.4 Å². The summed E-state index contributed by atoms with van der Waals surface area (Å²) in [5.41, 5.74) is -0.912. The van der Waals surface area contributed by atoms with E-state index in [0.717, 1.165) is 0 Å². The highest BCUT2D eigenvalue weighted by atomic mass is 32.2. The third-order valence-corrected chi connectivity index (χ3v) is 5.01. The number of hydrogen-bond donors (Lipinski definition) is 2. The molecule has 2 atom stereocenters. The van der Waals surface area contributed by atoms with Crippen LogP contribution in [-0.4, -0.2) is 41.7 Å². The maximum Gasteiger partial charge on any atom is 0.306 e. The molecule has 1 rings (SSSR count). The van der Waals surface area contributed by atoms with Crippen molar-refractivity contribution in [3.8, 4) is 0 Å². The Kier molecular flexibility index (Phi) is 4.19. The summed E-state index contributed by atoms with van der Waals surface area (Å²) >= 11 is 0. The van der Waals surface area contributed by atoms with Crippen molar-refractivity contribution >= 4 is 15.8 Å². The van der Waals surface area contributed by atoms with Crippen molar-refractivity contribution in [3.05, 3.63) is 0 Å². The van der Waals surface area contributed by atoms with Gasteiger partial charge in [-0.2, -0.15) is 0 Å². The second kappa shape index (κ2) is 4.94. The summed E-state index contributed by atoms with van der Waals surface area (Å²) in [6, 6.07) is 0. The summed E-state index contributed by atoms with van der Waals surface area (Å²) in [5.74, 6) is -1.88. The number of carboxylic acids is 1. The van der Waals surface area contributed by atoms with Crippen molar-refractivity contribution in [2.75, 3.05) is 11.5 Å². The van der Waals surface area contributed by atoms with E-state index in [0.29, 0.717) is 19.3 Å². The molecule has 1 aliphatic rings. The van der Waals surface area contributed by atoms with Crippen LogP contribution in [0.4, 0.5) is 0 Å². The summed E-state index contributed by atoms with van der Waals surface area (Å²) in [7, 11) is -3.05. The molecular weight excluding hydrogens is 244 g/mol. The predicted molar refractivity (Wildman–Crippen MR) is 63.4 cm³/mol. The first-order valence-electron chi connectivity index (χ1n) is 5.76. The summed E-state index contributed by atoms with van der Waals surface area (Å²) < 4.78 is 22.7. The SMILES string of the molecule is CC(C)(O)CCC(C(=O)O)C1CCS(=O)(=O)C1. The zero-order valence-electron chi connectivity index (χ0n) is 10.2. The molecule has 17 heavy (non-hydrogen) atoms. The number of carboxylic acid groups (broad SMARTS) is 1. The minimum Gasteiger partial charge on any atom is -0.481 e. The van der Waals surface area contributed by atoms with E-state index in [9.17, 15) is 18.3 Å². The van der Waals surface area contributed by atoms with Crippen molar-refractivity contribution in [3.63, 3.8) is 0 Å². The van der Waals surface area contributed by atoms with E-state index in [1.165, 1.54) is 0 Å². The lowest BCUT2D eigenvalue weighted by molar-refractivity contribution is -0.144. The maximum atomic E-state index is 11.3. The van der Waals surface area contributed by atoms with Crippen molar-refractivity contribution in [1.29, 1.82) is 0 Å². The van der Waals surface area contributed by atoms with Gasteiger partial charge in [0.1, 0.15) is 0 Å². The smallest absolute Gasteiger partial charge is 0.306 e. The number of aliphatic hydroxyl groups is 1. The molecule has 0 bridgehead atoms. The van der Waals surface area contributed by atoms with Gasteiger partial charge in [0.15, 0.2) is 9.84 Å². The van der Waals surface area contributed by atoms with Gasteiger partial charge in [-0.05, 0) is 39.0 Å². The average Bonchev–Trinajstić information content (AvgIpc) is 2.43. The van der Waals surface area contributed by atoms with Gasteiger partial charge >= 0.3 is 5.97 Å². The van der Waals surface area contributed by atoms with Crippen LogP contribution in [0.2, 0.25) is 0 Å². The van der Waals surface area contributed by atoms with Gasteiger partial charge in [-0.25, -0.2) is 8.42 Å². The van der Waals surface area contributed by atoms with Crippen molar-refractivity contribution in [1.82, 2.24) is 0 Å². The minimum atomic E-state index is -3.05. The Hall–Kier alpha value is -0.620. The van der Waals surface area contributed by atoms with Crippen molar-refractivity contribution < 1.29 is 23.4 Å². The first-order chi connectivity index (χ1) is 7.61. The lowest BCUT2D eigenvalue weighted by atomic mass is 9.85. The molecule has 0 saturated carbocycles. The highest BCUT2D eigenvalue weighted by Gasteiger charge is 2.37. The summed E-state index contributed by atoms with van der Waals surface area (Å²) in [6.07, 6.45) is 1.10. The second-order valence-corrected chi connectivity index (χ2v) is 7.69. The Morgan fingerprint density at radius 1 is 1.47 bits per heavy atom. The van der Waals surface area contributed by atoms with Crippen molar-refractivity contribution in [2.24, 2.45) is 11.8 Å². The minimum absolute atomic E-state index is 0.0319. The molecule has 0 aromatic carbocycles. The molecule has 1 aliphatic heterocycles. The largest absolute Gasteiger partial charge is 0.481 e. The van der Waals surface area contributed by atoms with E-state index in [1.807, 2.05) is 0 Å². The normalized spacial score (nSPS) is 25.7. The van der Waals surface area contributed by atoms with Crippen LogP contribution in [-0.2, 0) is 14.6 Å². The van der Waals surface area contributed by atoms with E-state index in [2.05, 4.69) is 0 Å². The number of carbonyl (C=O) groups is 1. The van der Waals surface area contributed by atoms with Crippen molar-refractivity contribution in [2.45, 2.75) is 38.7 Å². The van der Waals surface area contributed by atoms with Crippen LogP contribution < -0.4 is 0 Å². The van der Waals surface area contributed by atoms with Crippen LogP contribution in [0.5, 0.6) is 0 Å². The molecule has 0 aromatic heterocycles. The molecule has 2 unspecified atom stereocenters. The molecular formula is C11H20O5S.